The summed E-state index contributed by atoms with van der Waals surface area (Å²) >= 11 is 10.8. The molecular formula is C9H13Cl2NO4. The Balaban J connectivity index is 2.46. The van der Waals surface area contributed by atoms with Gasteiger partial charge >= 0.3 is 0 Å². The Labute approximate surface area is 103 Å². The SMILES string of the molecule is O=C1CC(OCCO)CCN1C(=O)C(Cl)Cl. The predicted octanol–water partition coefficient (Wildman–Crippen LogP) is 0.317. The molecule has 0 aromatic carbocycles. The monoisotopic (exact) mass is 269 g/mol. The molecule has 1 aliphatic rings. The molecule has 2 amide bonds. The van der Waals surface area contributed by atoms with Gasteiger partial charge in [-0.05, 0) is 6.42 Å². The van der Waals surface area contributed by atoms with E-state index in [4.69, 9.17) is 33.0 Å². The molecular weight excluding hydrogens is 257 g/mol. The fourth-order valence-corrected chi connectivity index (χ4v) is 1.75. The summed E-state index contributed by atoms with van der Waals surface area (Å²) in [5, 5.41) is 8.57. The first-order valence-electron chi connectivity index (χ1n) is 4.91. The number of nitrogens with zero attached hydrogens (tertiary/aromatic N) is 1. The van der Waals surface area contributed by atoms with Crippen molar-refractivity contribution in [3.8, 4) is 0 Å². The first-order valence-corrected chi connectivity index (χ1v) is 5.78. The van der Waals surface area contributed by atoms with Gasteiger partial charge in [-0.25, -0.2) is 0 Å². The molecule has 5 nitrogen and oxygen atoms in total. The van der Waals surface area contributed by atoms with E-state index in [1.54, 1.807) is 0 Å². The molecule has 0 bridgehead atoms. The normalized spacial score (nSPS) is 21.6. The van der Waals surface area contributed by atoms with Gasteiger partial charge in [0.05, 0.1) is 25.7 Å². The molecule has 92 valence electrons. The fraction of sp³-hybridized carbons (Fsp3) is 0.778. The number of aliphatic hydroxyl groups excluding tert-OH is 1. The van der Waals surface area contributed by atoms with Crippen LogP contribution in [0, 0.1) is 0 Å². The quantitative estimate of drug-likeness (QED) is 0.747. The van der Waals surface area contributed by atoms with Gasteiger partial charge in [0, 0.05) is 6.54 Å². The van der Waals surface area contributed by atoms with E-state index in [-0.39, 0.29) is 38.2 Å². The summed E-state index contributed by atoms with van der Waals surface area (Å²) in [6.45, 7) is 0.363. The maximum absolute atomic E-state index is 11.6. The zero-order valence-electron chi connectivity index (χ0n) is 8.57. The zero-order valence-corrected chi connectivity index (χ0v) is 10.1. The number of halogens is 2. The topological polar surface area (TPSA) is 66.8 Å². The predicted molar refractivity (Wildman–Crippen MR) is 58.3 cm³/mol. The molecule has 1 atom stereocenters. The van der Waals surface area contributed by atoms with E-state index < -0.39 is 10.7 Å². The molecule has 0 aromatic rings. The minimum atomic E-state index is -1.21. The van der Waals surface area contributed by atoms with Crippen molar-refractivity contribution >= 4 is 35.0 Å². The zero-order chi connectivity index (χ0) is 12.1. The molecule has 7 heteroatoms. The number of rotatable bonds is 4. The van der Waals surface area contributed by atoms with Crippen LogP contribution in [0.15, 0.2) is 0 Å². The molecule has 0 aromatic heterocycles. The molecule has 1 N–H and O–H groups in total. The number of carbonyl (C=O) groups is 2. The molecule has 0 aliphatic carbocycles. The number of aliphatic hydroxyl groups is 1. The average Bonchev–Trinajstić information content (AvgIpc) is 2.25. The molecule has 1 saturated heterocycles. The van der Waals surface area contributed by atoms with Crippen LogP contribution in [0.4, 0.5) is 0 Å². The van der Waals surface area contributed by atoms with E-state index in [1.807, 2.05) is 0 Å². The number of alkyl halides is 2. The minimum absolute atomic E-state index is 0.0846. The third kappa shape index (κ3) is 3.59. The lowest BCUT2D eigenvalue weighted by Gasteiger charge is -2.30. The van der Waals surface area contributed by atoms with Crippen LogP contribution in [0.2, 0.25) is 0 Å². The minimum Gasteiger partial charge on any atom is -0.394 e. The van der Waals surface area contributed by atoms with E-state index in [0.29, 0.717) is 6.42 Å². The van der Waals surface area contributed by atoms with Gasteiger partial charge in [0.1, 0.15) is 0 Å². The second-order valence-corrected chi connectivity index (χ2v) is 4.49. The third-order valence-corrected chi connectivity index (χ3v) is 2.65. The molecule has 0 saturated carbocycles. The standard InChI is InChI=1S/C9H13Cl2NO4/c10-8(11)9(15)12-2-1-6(5-7(12)14)16-4-3-13/h6,8,13H,1-5H2. The number of ether oxygens (including phenoxy) is 1. The number of hydrogen-bond donors (Lipinski definition) is 1. The van der Waals surface area contributed by atoms with Crippen LogP contribution in [-0.2, 0) is 14.3 Å². The highest BCUT2D eigenvalue weighted by molar-refractivity contribution is 6.53. The molecule has 1 aliphatic heterocycles. The van der Waals surface area contributed by atoms with Crippen molar-refractivity contribution in [2.24, 2.45) is 0 Å². The first-order chi connectivity index (χ1) is 7.56. The summed E-state index contributed by atoms with van der Waals surface area (Å²) in [6, 6.07) is 0. The van der Waals surface area contributed by atoms with Gasteiger partial charge in [-0.15, -0.1) is 0 Å². The Kier molecular flexibility index (Phi) is 5.48. The summed E-state index contributed by atoms with van der Waals surface area (Å²) in [5.41, 5.74) is 0. The Morgan fingerprint density at radius 2 is 2.31 bits per heavy atom. The molecule has 1 heterocycles. The maximum Gasteiger partial charge on any atom is 0.262 e. The Bertz CT molecular complexity index is 272. The number of hydrogen-bond acceptors (Lipinski definition) is 4. The highest BCUT2D eigenvalue weighted by Crippen LogP contribution is 2.18. The lowest BCUT2D eigenvalue weighted by atomic mass is 10.1. The van der Waals surface area contributed by atoms with Crippen molar-refractivity contribution in [1.82, 2.24) is 4.90 Å². The fourth-order valence-electron chi connectivity index (χ4n) is 1.52. The lowest BCUT2D eigenvalue weighted by Crippen LogP contribution is -2.47. The highest BCUT2D eigenvalue weighted by atomic mass is 35.5. The lowest BCUT2D eigenvalue weighted by molar-refractivity contribution is -0.149. The summed E-state index contributed by atoms with van der Waals surface area (Å²) < 4.78 is 5.22. The summed E-state index contributed by atoms with van der Waals surface area (Å²) in [7, 11) is 0. The van der Waals surface area contributed by atoms with Gasteiger partial charge in [0.15, 0.2) is 4.84 Å². The van der Waals surface area contributed by atoms with Crippen LogP contribution in [0.25, 0.3) is 0 Å². The second kappa shape index (κ2) is 6.39. The number of likely N-dealkylation sites (tertiary alicyclic amines) is 1. The van der Waals surface area contributed by atoms with Crippen molar-refractivity contribution < 1.29 is 19.4 Å². The van der Waals surface area contributed by atoms with Crippen LogP contribution < -0.4 is 0 Å². The van der Waals surface area contributed by atoms with Gasteiger partial charge in [-0.1, -0.05) is 23.2 Å². The van der Waals surface area contributed by atoms with Gasteiger partial charge < -0.3 is 9.84 Å². The van der Waals surface area contributed by atoms with E-state index >= 15 is 0 Å². The summed E-state index contributed by atoms with van der Waals surface area (Å²) in [4.78, 5) is 22.8. The van der Waals surface area contributed by atoms with Crippen LogP contribution in [-0.4, -0.2) is 52.5 Å². The highest BCUT2D eigenvalue weighted by Gasteiger charge is 2.32. The molecule has 1 fully saturated rings. The van der Waals surface area contributed by atoms with Crippen LogP contribution >= 0.6 is 23.2 Å². The van der Waals surface area contributed by atoms with Crippen LogP contribution in [0.3, 0.4) is 0 Å². The van der Waals surface area contributed by atoms with E-state index in [9.17, 15) is 9.59 Å². The van der Waals surface area contributed by atoms with Crippen molar-refractivity contribution in [3.05, 3.63) is 0 Å². The van der Waals surface area contributed by atoms with Crippen molar-refractivity contribution in [2.75, 3.05) is 19.8 Å². The Morgan fingerprint density at radius 3 is 2.81 bits per heavy atom. The number of imide groups is 1. The second-order valence-electron chi connectivity index (χ2n) is 3.39. The van der Waals surface area contributed by atoms with Gasteiger partial charge in [-0.2, -0.15) is 0 Å². The molecule has 16 heavy (non-hydrogen) atoms. The molecule has 1 rings (SSSR count). The number of piperidine rings is 1. The molecule has 1 unspecified atom stereocenters. The van der Waals surface area contributed by atoms with E-state index in [0.717, 1.165) is 4.90 Å². The maximum atomic E-state index is 11.6. The van der Waals surface area contributed by atoms with Crippen molar-refractivity contribution in [2.45, 2.75) is 23.8 Å². The summed E-state index contributed by atoms with van der Waals surface area (Å²) in [5.74, 6) is -0.931. The van der Waals surface area contributed by atoms with Gasteiger partial charge in [0.25, 0.3) is 5.91 Å². The number of amides is 2. The smallest absolute Gasteiger partial charge is 0.262 e. The Morgan fingerprint density at radius 1 is 1.62 bits per heavy atom. The number of carbonyl (C=O) groups excluding carboxylic acids is 2. The Hall–Kier alpha value is -0.360. The first kappa shape index (κ1) is 13.7. The van der Waals surface area contributed by atoms with E-state index in [2.05, 4.69) is 0 Å². The van der Waals surface area contributed by atoms with Crippen molar-refractivity contribution in [1.29, 1.82) is 0 Å². The third-order valence-electron chi connectivity index (χ3n) is 2.28. The molecule has 0 radical (unpaired) electrons. The van der Waals surface area contributed by atoms with Crippen LogP contribution in [0.1, 0.15) is 12.8 Å². The largest absolute Gasteiger partial charge is 0.394 e. The van der Waals surface area contributed by atoms with Crippen molar-refractivity contribution in [3.63, 3.8) is 0 Å². The molecule has 0 spiro atoms. The van der Waals surface area contributed by atoms with Crippen LogP contribution in [0.5, 0.6) is 0 Å². The van der Waals surface area contributed by atoms with Gasteiger partial charge in [0.2, 0.25) is 5.91 Å². The van der Waals surface area contributed by atoms with Gasteiger partial charge in [-0.3, -0.25) is 14.5 Å². The summed E-state index contributed by atoms with van der Waals surface area (Å²) in [6.07, 6.45) is 0.414. The average molecular weight is 270 g/mol. The van der Waals surface area contributed by atoms with E-state index in [1.165, 1.54) is 0 Å².